The Hall–Kier alpha value is -2.96. The number of hydrogen-bond acceptors (Lipinski definition) is 4. The number of halogens is 2. The Morgan fingerprint density at radius 3 is 2.32 bits per heavy atom. The van der Waals surface area contributed by atoms with E-state index in [0.29, 0.717) is 21.2 Å². The summed E-state index contributed by atoms with van der Waals surface area (Å²) in [5.41, 5.74) is 1.82. The molecule has 2 amide bonds. The minimum absolute atomic E-state index is 0.137. The number of hydrogen-bond donors (Lipinski definition) is 1. The summed E-state index contributed by atoms with van der Waals surface area (Å²) in [6, 6.07) is 16.2. The van der Waals surface area contributed by atoms with E-state index in [-0.39, 0.29) is 24.0 Å². The third-order valence-electron chi connectivity index (χ3n) is 4.30. The number of benzene rings is 2. The van der Waals surface area contributed by atoms with Crippen molar-refractivity contribution in [3.63, 3.8) is 0 Å². The number of imide groups is 1. The zero-order valence-corrected chi connectivity index (χ0v) is 16.1. The number of carbonyl (C=O) groups is 2. The van der Waals surface area contributed by atoms with Crippen LogP contribution in [-0.2, 0) is 16.1 Å². The van der Waals surface area contributed by atoms with Gasteiger partial charge < -0.3 is 5.32 Å². The lowest BCUT2D eigenvalue weighted by atomic mass is 10.2. The number of carbonyl (C=O) groups excluding carboxylic acids is 2. The average molecular weight is 413 g/mol. The van der Waals surface area contributed by atoms with Crippen LogP contribution in [0, 0.1) is 5.82 Å². The van der Waals surface area contributed by atoms with Gasteiger partial charge in [0, 0.05) is 15.6 Å². The molecule has 0 spiro atoms. The predicted molar refractivity (Wildman–Crippen MR) is 108 cm³/mol. The van der Waals surface area contributed by atoms with E-state index in [1.54, 1.807) is 30.3 Å². The highest BCUT2D eigenvalue weighted by Crippen LogP contribution is 2.33. The van der Waals surface area contributed by atoms with Crippen LogP contribution in [0.15, 0.2) is 71.7 Å². The number of nitrogens with zero attached hydrogens (tertiary/aromatic N) is 1. The van der Waals surface area contributed by atoms with Crippen molar-refractivity contribution in [3.8, 4) is 0 Å². The van der Waals surface area contributed by atoms with Crippen molar-refractivity contribution in [2.45, 2.75) is 6.54 Å². The number of thiophene rings is 1. The molecule has 0 saturated carbocycles. The van der Waals surface area contributed by atoms with Crippen LogP contribution in [0.4, 0.5) is 10.1 Å². The molecule has 2 aromatic carbocycles. The summed E-state index contributed by atoms with van der Waals surface area (Å²) in [6.07, 6.45) is 0. The van der Waals surface area contributed by atoms with E-state index in [0.717, 1.165) is 5.56 Å². The van der Waals surface area contributed by atoms with Crippen LogP contribution in [0.1, 0.15) is 10.4 Å². The van der Waals surface area contributed by atoms with Gasteiger partial charge in [-0.1, -0.05) is 29.8 Å². The van der Waals surface area contributed by atoms with E-state index in [9.17, 15) is 14.0 Å². The highest BCUT2D eigenvalue weighted by Gasteiger charge is 2.39. The van der Waals surface area contributed by atoms with Crippen LogP contribution in [0.5, 0.6) is 0 Å². The van der Waals surface area contributed by atoms with Crippen LogP contribution in [0.3, 0.4) is 0 Å². The molecule has 1 N–H and O–H groups in total. The van der Waals surface area contributed by atoms with E-state index in [1.165, 1.54) is 40.5 Å². The Bertz CT molecular complexity index is 1060. The molecule has 0 bridgehead atoms. The Morgan fingerprint density at radius 2 is 1.68 bits per heavy atom. The van der Waals surface area contributed by atoms with Crippen molar-refractivity contribution in [3.05, 3.63) is 93.0 Å². The van der Waals surface area contributed by atoms with Crippen molar-refractivity contribution in [2.24, 2.45) is 0 Å². The first-order valence-electron chi connectivity index (χ1n) is 8.44. The molecule has 28 heavy (non-hydrogen) atoms. The van der Waals surface area contributed by atoms with Crippen LogP contribution in [0.25, 0.3) is 5.57 Å². The van der Waals surface area contributed by atoms with Gasteiger partial charge in [-0.15, -0.1) is 11.3 Å². The molecule has 0 fully saturated rings. The molecular formula is C21H14ClFN2O2S. The number of amides is 2. The summed E-state index contributed by atoms with van der Waals surface area (Å²) < 4.78 is 13.2. The fraction of sp³-hybridized carbons (Fsp3) is 0.0476. The summed E-state index contributed by atoms with van der Waals surface area (Å²) in [4.78, 5) is 28.0. The lowest BCUT2D eigenvalue weighted by Crippen LogP contribution is -2.31. The van der Waals surface area contributed by atoms with Gasteiger partial charge in [-0.25, -0.2) is 4.39 Å². The molecule has 0 saturated heterocycles. The molecule has 1 aromatic heterocycles. The number of rotatable bonds is 5. The third kappa shape index (κ3) is 3.56. The van der Waals surface area contributed by atoms with Gasteiger partial charge in [0.05, 0.1) is 12.1 Å². The molecule has 0 aliphatic carbocycles. The van der Waals surface area contributed by atoms with E-state index >= 15 is 0 Å². The second kappa shape index (κ2) is 7.58. The van der Waals surface area contributed by atoms with Crippen molar-refractivity contribution in [1.82, 2.24) is 4.90 Å². The Morgan fingerprint density at radius 1 is 0.964 bits per heavy atom. The predicted octanol–water partition coefficient (Wildman–Crippen LogP) is 4.93. The lowest BCUT2D eigenvalue weighted by molar-refractivity contribution is -0.137. The Labute approximate surface area is 169 Å². The van der Waals surface area contributed by atoms with Gasteiger partial charge in [0.2, 0.25) is 0 Å². The topological polar surface area (TPSA) is 49.4 Å². The normalized spacial score (nSPS) is 14.1. The largest absolute Gasteiger partial charge is 0.350 e. The quantitative estimate of drug-likeness (QED) is 0.604. The first kappa shape index (κ1) is 18.4. The molecule has 1 aliphatic rings. The molecular weight excluding hydrogens is 399 g/mol. The summed E-state index contributed by atoms with van der Waals surface area (Å²) in [5, 5.41) is 5.42. The molecule has 0 radical (unpaired) electrons. The minimum atomic E-state index is -0.423. The van der Waals surface area contributed by atoms with Crippen molar-refractivity contribution in [2.75, 3.05) is 5.32 Å². The highest BCUT2D eigenvalue weighted by molar-refractivity contribution is 7.11. The molecule has 0 unspecified atom stereocenters. The Kier molecular flexibility index (Phi) is 4.98. The number of nitrogens with one attached hydrogen (secondary N) is 1. The van der Waals surface area contributed by atoms with Gasteiger partial charge in [0.25, 0.3) is 11.8 Å². The maximum atomic E-state index is 13.2. The second-order valence-corrected chi connectivity index (χ2v) is 7.57. The van der Waals surface area contributed by atoms with E-state index in [2.05, 4.69) is 5.32 Å². The highest BCUT2D eigenvalue weighted by atomic mass is 35.5. The third-order valence-corrected chi connectivity index (χ3v) is 5.44. The molecule has 2 heterocycles. The zero-order chi connectivity index (χ0) is 19.7. The van der Waals surface area contributed by atoms with Gasteiger partial charge in [0.15, 0.2) is 0 Å². The van der Waals surface area contributed by atoms with Crippen LogP contribution >= 0.6 is 22.9 Å². The smallest absolute Gasteiger partial charge is 0.278 e. The fourth-order valence-electron chi connectivity index (χ4n) is 2.93. The van der Waals surface area contributed by atoms with E-state index in [4.69, 9.17) is 11.6 Å². The summed E-state index contributed by atoms with van der Waals surface area (Å²) in [6.45, 7) is 0.137. The minimum Gasteiger partial charge on any atom is -0.350 e. The van der Waals surface area contributed by atoms with Gasteiger partial charge >= 0.3 is 0 Å². The first-order chi connectivity index (χ1) is 13.5. The van der Waals surface area contributed by atoms with Crippen molar-refractivity contribution < 1.29 is 14.0 Å². The lowest BCUT2D eigenvalue weighted by Gasteiger charge is -2.15. The van der Waals surface area contributed by atoms with Crippen LogP contribution < -0.4 is 5.32 Å². The zero-order valence-electron chi connectivity index (χ0n) is 14.5. The van der Waals surface area contributed by atoms with Crippen molar-refractivity contribution in [1.29, 1.82) is 0 Å². The SMILES string of the molecule is O=C1C(Nc2ccc(F)cc2)=C(c2cccs2)C(=O)N1Cc1ccc(Cl)cc1. The molecule has 3 aromatic rings. The van der Waals surface area contributed by atoms with Crippen LogP contribution in [-0.4, -0.2) is 16.7 Å². The molecule has 1 aliphatic heterocycles. The van der Waals surface area contributed by atoms with E-state index < -0.39 is 5.91 Å². The summed E-state index contributed by atoms with van der Waals surface area (Å²) in [7, 11) is 0. The Balaban J connectivity index is 1.69. The van der Waals surface area contributed by atoms with Crippen LogP contribution in [0.2, 0.25) is 5.02 Å². The summed E-state index contributed by atoms with van der Waals surface area (Å²) >= 11 is 7.29. The monoisotopic (exact) mass is 412 g/mol. The van der Waals surface area contributed by atoms with Gasteiger partial charge in [-0.2, -0.15) is 0 Å². The fourth-order valence-corrected chi connectivity index (χ4v) is 3.83. The average Bonchev–Trinajstić information content (AvgIpc) is 3.28. The van der Waals surface area contributed by atoms with Gasteiger partial charge in [-0.3, -0.25) is 14.5 Å². The van der Waals surface area contributed by atoms with Gasteiger partial charge in [-0.05, 0) is 53.4 Å². The molecule has 7 heteroatoms. The second-order valence-electron chi connectivity index (χ2n) is 6.18. The van der Waals surface area contributed by atoms with E-state index in [1.807, 2.05) is 11.4 Å². The van der Waals surface area contributed by atoms with Gasteiger partial charge in [0.1, 0.15) is 11.5 Å². The first-order valence-corrected chi connectivity index (χ1v) is 9.70. The maximum absolute atomic E-state index is 13.2. The van der Waals surface area contributed by atoms with Crippen molar-refractivity contribution >= 4 is 46.0 Å². The standard InChI is InChI=1S/C21H14ClFN2O2S/c22-14-5-3-13(4-6-14)12-25-20(26)18(17-2-1-11-28-17)19(21(25)27)24-16-9-7-15(23)8-10-16/h1-11,24H,12H2. The molecule has 140 valence electrons. The number of anilines is 1. The molecule has 4 rings (SSSR count). The maximum Gasteiger partial charge on any atom is 0.278 e. The molecule has 4 nitrogen and oxygen atoms in total. The molecule has 0 atom stereocenters. The summed E-state index contributed by atoms with van der Waals surface area (Å²) in [5.74, 6) is -1.17.